The van der Waals surface area contributed by atoms with Gasteiger partial charge in [-0.2, -0.15) is 0 Å². The summed E-state index contributed by atoms with van der Waals surface area (Å²) in [6.45, 7) is 16.3. The van der Waals surface area contributed by atoms with Crippen molar-refractivity contribution in [2.24, 2.45) is 5.92 Å². The number of aromatic amines is 1. The van der Waals surface area contributed by atoms with E-state index in [4.69, 9.17) is 0 Å². The van der Waals surface area contributed by atoms with Crippen molar-refractivity contribution in [1.82, 2.24) is 19.5 Å². The molecule has 0 aliphatic heterocycles. The fourth-order valence-corrected chi connectivity index (χ4v) is 5.81. The predicted octanol–water partition coefficient (Wildman–Crippen LogP) is 7.61. The second kappa shape index (κ2) is 14.5. The number of para-hydroxylation sites is 1. The number of carbonyl (C=O) groups is 1. The molecule has 0 saturated carbocycles. The molecule has 2 aromatic carbocycles. The maximum absolute atomic E-state index is 11.5. The fourth-order valence-electron chi connectivity index (χ4n) is 3.89. The number of Topliss-reactive ketones (excluding diaryl/α,β-unsaturated/α-hetero) is 1. The summed E-state index contributed by atoms with van der Waals surface area (Å²) in [4.78, 5) is 45.3. The Kier molecular flexibility index (Phi) is 11.3. The smallest absolute Gasteiger partial charge is 0.298 e. The zero-order valence-electron chi connectivity index (χ0n) is 25.1. The predicted molar refractivity (Wildman–Crippen MR) is 173 cm³/mol. The van der Waals surface area contributed by atoms with E-state index in [9.17, 15) is 14.4 Å². The van der Waals surface area contributed by atoms with E-state index in [0.717, 1.165) is 11.0 Å². The van der Waals surface area contributed by atoms with E-state index in [1.54, 1.807) is 29.6 Å². The molecule has 7 nitrogen and oxygen atoms in total. The monoisotopic (exact) mass is 592 g/mol. The Morgan fingerprint density at radius 2 is 1.44 bits per heavy atom. The highest BCUT2D eigenvalue weighted by molar-refractivity contribution is 7.19. The second-order valence-corrected chi connectivity index (χ2v) is 13.3. The fraction of sp³-hybridized carbons (Fsp3) is 0.406. The Morgan fingerprint density at radius 1 is 0.854 bits per heavy atom. The third-order valence-corrected chi connectivity index (χ3v) is 8.70. The van der Waals surface area contributed by atoms with Crippen LogP contribution in [0.2, 0.25) is 0 Å². The molecule has 0 radical (unpaired) electrons. The lowest BCUT2D eigenvalue weighted by molar-refractivity contribution is -0.120. The van der Waals surface area contributed by atoms with Crippen molar-refractivity contribution in [3.8, 4) is 0 Å². The number of thiazole rings is 2. The van der Waals surface area contributed by atoms with Gasteiger partial charge in [-0.25, -0.2) is 14.8 Å². The summed E-state index contributed by atoms with van der Waals surface area (Å²) in [5.41, 5.74) is 3.05. The van der Waals surface area contributed by atoms with E-state index in [-0.39, 0.29) is 18.2 Å². The van der Waals surface area contributed by atoms with Crippen molar-refractivity contribution in [2.45, 2.75) is 80.2 Å². The maximum atomic E-state index is 11.5. The summed E-state index contributed by atoms with van der Waals surface area (Å²) < 4.78 is 3.83. The lowest BCUT2D eigenvalue weighted by atomic mass is 10.1. The van der Waals surface area contributed by atoms with Crippen LogP contribution in [0.3, 0.4) is 0 Å². The largest absolute Gasteiger partial charge is 0.328 e. The van der Waals surface area contributed by atoms with Gasteiger partial charge in [0, 0.05) is 30.0 Å². The minimum absolute atomic E-state index is 0.0106. The van der Waals surface area contributed by atoms with Crippen LogP contribution in [0.1, 0.15) is 80.9 Å². The van der Waals surface area contributed by atoms with Crippen LogP contribution in [0.15, 0.2) is 58.3 Å². The van der Waals surface area contributed by atoms with E-state index in [2.05, 4.69) is 86.0 Å². The number of aromatic nitrogens is 4. The van der Waals surface area contributed by atoms with Crippen molar-refractivity contribution < 1.29 is 4.79 Å². The highest BCUT2D eigenvalue weighted by Gasteiger charge is 2.09. The Morgan fingerprint density at radius 3 is 2.02 bits per heavy atom. The highest BCUT2D eigenvalue weighted by atomic mass is 32.1. The summed E-state index contributed by atoms with van der Waals surface area (Å²) in [5.74, 6) is 1.34. The molecular weight excluding hydrogens is 553 g/mol. The standard InChI is InChI=1S/C11H16N2O3.C11H13NS.C10H11NS/c1-7(2)4-9(14)6-13-5-8(3)10(15)12-11(13)16;1-7(2)11-12-9-6-8(3)4-5-10(9)13-11;1-7(2)10-11-8-5-3-4-6-9(8)12-10/h5,7H,4,6H2,1-3H3,(H,12,15,16);4-7H,1-3H3;3-7H,1-2H3. The normalized spacial score (nSPS) is 11.1. The van der Waals surface area contributed by atoms with Crippen LogP contribution in [0.5, 0.6) is 0 Å². The van der Waals surface area contributed by atoms with Gasteiger partial charge in [0.25, 0.3) is 5.56 Å². The van der Waals surface area contributed by atoms with Crippen LogP contribution in [0, 0.1) is 19.8 Å². The van der Waals surface area contributed by atoms with Crippen molar-refractivity contribution in [3.05, 3.63) is 90.6 Å². The lowest BCUT2D eigenvalue weighted by Gasteiger charge is -2.06. The summed E-state index contributed by atoms with van der Waals surface area (Å²) in [6.07, 6.45) is 1.85. The molecular formula is C32H40N4O3S2. The molecule has 3 aromatic heterocycles. The SMILES string of the molecule is CC(C)c1nc2ccccc2s1.Cc1ccc2sc(C(C)C)nc2c1.Cc1cn(CC(=O)CC(C)C)c(=O)[nH]c1=O. The number of hydrogen-bond acceptors (Lipinski definition) is 7. The average molecular weight is 593 g/mol. The molecule has 0 spiro atoms. The van der Waals surface area contributed by atoms with Crippen LogP contribution in [0.4, 0.5) is 0 Å². The number of carbonyl (C=O) groups excluding carboxylic acids is 1. The zero-order valence-corrected chi connectivity index (χ0v) is 26.8. The van der Waals surface area contributed by atoms with Crippen LogP contribution < -0.4 is 11.2 Å². The van der Waals surface area contributed by atoms with Gasteiger partial charge in [0.05, 0.1) is 37.0 Å². The second-order valence-electron chi connectivity index (χ2n) is 11.2. The van der Waals surface area contributed by atoms with Gasteiger partial charge in [-0.1, -0.05) is 59.7 Å². The van der Waals surface area contributed by atoms with Crippen LogP contribution in [0.25, 0.3) is 20.4 Å². The van der Waals surface area contributed by atoms with Gasteiger partial charge < -0.3 is 0 Å². The Bertz CT molecular complexity index is 1690. The Hall–Kier alpha value is -3.43. The van der Waals surface area contributed by atoms with E-state index in [1.807, 2.05) is 19.9 Å². The molecule has 0 saturated heterocycles. The molecule has 0 fully saturated rings. The van der Waals surface area contributed by atoms with Gasteiger partial charge in [-0.15, -0.1) is 22.7 Å². The molecule has 1 N–H and O–H groups in total. The van der Waals surface area contributed by atoms with Crippen LogP contribution >= 0.6 is 22.7 Å². The summed E-state index contributed by atoms with van der Waals surface area (Å²) in [6, 6.07) is 14.7. The number of rotatable bonds is 6. The highest BCUT2D eigenvalue weighted by Crippen LogP contribution is 2.28. The number of fused-ring (bicyclic) bond motifs is 2. The summed E-state index contributed by atoms with van der Waals surface area (Å²) >= 11 is 3.60. The minimum Gasteiger partial charge on any atom is -0.298 e. The lowest BCUT2D eigenvalue weighted by Crippen LogP contribution is -2.32. The third-order valence-electron chi connectivity index (χ3n) is 6.03. The van der Waals surface area contributed by atoms with Gasteiger partial charge in [0.2, 0.25) is 0 Å². The number of nitrogens with zero attached hydrogens (tertiary/aromatic N) is 3. The van der Waals surface area contributed by atoms with Crippen LogP contribution in [-0.2, 0) is 11.3 Å². The number of benzene rings is 2. The van der Waals surface area contributed by atoms with Crippen molar-refractivity contribution >= 4 is 48.9 Å². The van der Waals surface area contributed by atoms with Crippen molar-refractivity contribution in [1.29, 1.82) is 0 Å². The Balaban J connectivity index is 0.000000171. The first kappa shape index (κ1) is 32.1. The van der Waals surface area contributed by atoms with E-state index in [1.165, 1.54) is 35.7 Å². The van der Waals surface area contributed by atoms with Crippen molar-refractivity contribution in [3.63, 3.8) is 0 Å². The molecule has 41 heavy (non-hydrogen) atoms. The first-order valence-electron chi connectivity index (χ1n) is 13.9. The molecule has 0 bridgehead atoms. The van der Waals surface area contributed by atoms with Crippen molar-refractivity contribution in [2.75, 3.05) is 0 Å². The summed E-state index contributed by atoms with van der Waals surface area (Å²) in [7, 11) is 0. The number of aryl methyl sites for hydroxylation is 2. The molecule has 0 atom stereocenters. The van der Waals surface area contributed by atoms with Gasteiger partial charge in [0.1, 0.15) is 0 Å². The van der Waals surface area contributed by atoms with Gasteiger partial charge >= 0.3 is 5.69 Å². The minimum atomic E-state index is -0.535. The number of nitrogens with one attached hydrogen (secondary N) is 1. The molecule has 5 rings (SSSR count). The first-order valence-corrected chi connectivity index (χ1v) is 15.5. The third kappa shape index (κ3) is 9.30. The quantitative estimate of drug-likeness (QED) is 0.219. The first-order chi connectivity index (χ1) is 19.3. The van der Waals surface area contributed by atoms with Crippen LogP contribution in [-0.4, -0.2) is 25.3 Å². The molecule has 9 heteroatoms. The van der Waals surface area contributed by atoms with E-state index >= 15 is 0 Å². The number of H-pyrrole nitrogens is 1. The number of ketones is 1. The topological polar surface area (TPSA) is 97.7 Å². The van der Waals surface area contributed by atoms with Gasteiger partial charge in [0.15, 0.2) is 5.78 Å². The van der Waals surface area contributed by atoms with Gasteiger partial charge in [-0.3, -0.25) is 19.1 Å². The molecule has 218 valence electrons. The Labute approximate surface area is 249 Å². The molecule has 0 unspecified atom stereocenters. The average Bonchev–Trinajstić information content (AvgIpc) is 3.52. The molecule has 0 amide bonds. The molecule has 5 aromatic rings. The molecule has 3 heterocycles. The summed E-state index contributed by atoms with van der Waals surface area (Å²) in [5, 5.41) is 2.47. The molecule has 0 aliphatic carbocycles. The maximum Gasteiger partial charge on any atom is 0.328 e. The zero-order chi connectivity index (χ0) is 30.3. The molecule has 0 aliphatic rings. The van der Waals surface area contributed by atoms with E-state index < -0.39 is 11.2 Å². The van der Waals surface area contributed by atoms with E-state index in [0.29, 0.717) is 23.8 Å². The number of hydrogen-bond donors (Lipinski definition) is 1. The van der Waals surface area contributed by atoms with Gasteiger partial charge in [-0.05, 0) is 49.6 Å².